The summed E-state index contributed by atoms with van der Waals surface area (Å²) in [6.07, 6.45) is 3.85. The largest absolute Gasteiger partial charge is 0.492 e. The first-order chi connectivity index (χ1) is 14.8. The van der Waals surface area contributed by atoms with Crippen LogP contribution in [0.5, 0.6) is 5.75 Å². The molecule has 1 fully saturated rings. The van der Waals surface area contributed by atoms with Gasteiger partial charge in [-0.15, -0.1) is 0 Å². The van der Waals surface area contributed by atoms with E-state index in [1.165, 1.54) is 11.6 Å². The molecule has 1 N–H and O–H groups in total. The fourth-order valence-electron chi connectivity index (χ4n) is 3.68. The van der Waals surface area contributed by atoms with Crippen molar-refractivity contribution in [3.63, 3.8) is 0 Å². The average Bonchev–Trinajstić information content (AvgIpc) is 3.04. The highest BCUT2D eigenvalue weighted by Crippen LogP contribution is 2.24. The molecule has 1 saturated heterocycles. The minimum atomic E-state index is -3.61. The van der Waals surface area contributed by atoms with E-state index in [-0.39, 0.29) is 10.8 Å². The quantitative estimate of drug-likeness (QED) is 0.656. The van der Waals surface area contributed by atoms with Crippen LogP contribution in [-0.2, 0) is 10.0 Å². The van der Waals surface area contributed by atoms with Gasteiger partial charge in [0.05, 0.1) is 11.4 Å². The topological polar surface area (TPSA) is 75.7 Å². The van der Waals surface area contributed by atoms with Crippen LogP contribution >= 0.6 is 0 Å². The lowest BCUT2D eigenvalue weighted by Gasteiger charge is -2.21. The van der Waals surface area contributed by atoms with Crippen LogP contribution in [0.25, 0.3) is 0 Å². The molecule has 0 saturated carbocycles. The van der Waals surface area contributed by atoms with Gasteiger partial charge in [0.2, 0.25) is 10.0 Å². The SMILES string of the molecule is Cc1ccc(OCCNC(=O)c2ccc(C)c(S(=O)(=O)N3CCCCCC3)c2)cc1C. The number of aryl methyl sites for hydroxylation is 3. The number of nitrogens with zero attached hydrogens (tertiary/aromatic N) is 1. The second-order valence-electron chi connectivity index (χ2n) is 8.15. The summed E-state index contributed by atoms with van der Waals surface area (Å²) >= 11 is 0. The molecule has 1 heterocycles. The van der Waals surface area contributed by atoms with Crippen LogP contribution in [0.4, 0.5) is 0 Å². The molecule has 0 spiro atoms. The molecule has 0 atom stereocenters. The van der Waals surface area contributed by atoms with Crippen molar-refractivity contribution in [2.75, 3.05) is 26.2 Å². The third kappa shape index (κ3) is 5.86. The lowest BCUT2D eigenvalue weighted by atomic mass is 10.1. The molecular formula is C24H32N2O4S. The molecule has 1 amide bonds. The zero-order chi connectivity index (χ0) is 22.4. The Balaban J connectivity index is 1.63. The van der Waals surface area contributed by atoms with Crippen molar-refractivity contribution in [1.82, 2.24) is 9.62 Å². The van der Waals surface area contributed by atoms with Crippen molar-refractivity contribution in [2.24, 2.45) is 0 Å². The van der Waals surface area contributed by atoms with E-state index in [0.717, 1.165) is 37.0 Å². The van der Waals surface area contributed by atoms with Gasteiger partial charge in [0.1, 0.15) is 12.4 Å². The predicted octanol–water partition coefficient (Wildman–Crippen LogP) is 3.99. The maximum absolute atomic E-state index is 13.2. The summed E-state index contributed by atoms with van der Waals surface area (Å²) in [4.78, 5) is 12.8. The van der Waals surface area contributed by atoms with Crippen molar-refractivity contribution in [1.29, 1.82) is 0 Å². The molecule has 1 aliphatic heterocycles. The number of carbonyl (C=O) groups is 1. The highest BCUT2D eigenvalue weighted by atomic mass is 32.2. The summed E-state index contributed by atoms with van der Waals surface area (Å²) in [6, 6.07) is 10.7. The van der Waals surface area contributed by atoms with Crippen molar-refractivity contribution < 1.29 is 17.9 Å². The van der Waals surface area contributed by atoms with Gasteiger partial charge in [-0.2, -0.15) is 4.31 Å². The second-order valence-corrected chi connectivity index (χ2v) is 10.1. The Morgan fingerprint density at radius 3 is 2.29 bits per heavy atom. The number of hydrogen-bond acceptors (Lipinski definition) is 4. The van der Waals surface area contributed by atoms with Crippen LogP contribution in [0.2, 0.25) is 0 Å². The number of ether oxygens (including phenoxy) is 1. The Bertz CT molecular complexity index is 1030. The van der Waals surface area contributed by atoms with Gasteiger partial charge in [0.25, 0.3) is 5.91 Å². The van der Waals surface area contributed by atoms with Gasteiger partial charge in [-0.25, -0.2) is 8.42 Å². The first-order valence-corrected chi connectivity index (χ1v) is 12.3. The van der Waals surface area contributed by atoms with E-state index in [1.807, 2.05) is 32.0 Å². The number of rotatable bonds is 7. The molecule has 0 aromatic heterocycles. The number of benzene rings is 2. The summed E-state index contributed by atoms with van der Waals surface area (Å²) in [5.74, 6) is 0.453. The zero-order valence-electron chi connectivity index (χ0n) is 18.6. The maximum Gasteiger partial charge on any atom is 0.251 e. The molecule has 1 aliphatic rings. The summed E-state index contributed by atoms with van der Waals surface area (Å²) in [5, 5.41) is 2.81. The molecule has 0 aliphatic carbocycles. The molecule has 0 radical (unpaired) electrons. The molecule has 0 bridgehead atoms. The summed E-state index contributed by atoms with van der Waals surface area (Å²) in [7, 11) is -3.61. The van der Waals surface area contributed by atoms with E-state index < -0.39 is 10.0 Å². The van der Waals surface area contributed by atoms with Crippen LogP contribution < -0.4 is 10.1 Å². The van der Waals surface area contributed by atoms with Gasteiger partial charge in [-0.1, -0.05) is 25.0 Å². The number of carbonyl (C=O) groups excluding carboxylic acids is 1. The van der Waals surface area contributed by atoms with Crippen LogP contribution in [-0.4, -0.2) is 44.9 Å². The maximum atomic E-state index is 13.2. The van der Waals surface area contributed by atoms with E-state index in [1.54, 1.807) is 23.4 Å². The van der Waals surface area contributed by atoms with Crippen molar-refractivity contribution in [3.05, 3.63) is 58.7 Å². The van der Waals surface area contributed by atoms with Crippen LogP contribution in [0.1, 0.15) is 52.7 Å². The summed E-state index contributed by atoms with van der Waals surface area (Å²) in [6.45, 7) is 7.57. The number of nitrogens with one attached hydrogen (secondary N) is 1. The molecule has 2 aromatic rings. The molecule has 2 aromatic carbocycles. The summed E-state index contributed by atoms with van der Waals surface area (Å²) in [5.41, 5.74) is 3.34. The van der Waals surface area contributed by atoms with Crippen LogP contribution in [0.3, 0.4) is 0 Å². The van der Waals surface area contributed by atoms with Crippen molar-refractivity contribution in [3.8, 4) is 5.75 Å². The minimum Gasteiger partial charge on any atom is -0.492 e. The first kappa shape index (κ1) is 23.3. The highest BCUT2D eigenvalue weighted by Gasteiger charge is 2.27. The van der Waals surface area contributed by atoms with Crippen molar-refractivity contribution >= 4 is 15.9 Å². The standard InChI is InChI=1S/C24H32N2O4S/c1-18-9-11-22(16-20(18)3)30-15-12-25-24(27)21-10-8-19(2)23(17-21)31(28,29)26-13-6-4-5-7-14-26/h8-11,16-17H,4-7,12-15H2,1-3H3,(H,25,27). The normalized spacial score (nSPS) is 15.3. The Labute approximate surface area is 185 Å². The van der Waals surface area contributed by atoms with Gasteiger partial charge >= 0.3 is 0 Å². The van der Waals surface area contributed by atoms with E-state index in [4.69, 9.17) is 4.74 Å². The van der Waals surface area contributed by atoms with E-state index in [0.29, 0.717) is 37.4 Å². The smallest absolute Gasteiger partial charge is 0.251 e. The third-order valence-corrected chi connectivity index (χ3v) is 7.81. The van der Waals surface area contributed by atoms with E-state index >= 15 is 0 Å². The molecular weight excluding hydrogens is 412 g/mol. The van der Waals surface area contributed by atoms with Gasteiger partial charge in [0, 0.05) is 18.7 Å². The Morgan fingerprint density at radius 2 is 1.61 bits per heavy atom. The van der Waals surface area contributed by atoms with Crippen LogP contribution in [0, 0.1) is 20.8 Å². The molecule has 0 unspecified atom stereocenters. The van der Waals surface area contributed by atoms with E-state index in [2.05, 4.69) is 5.32 Å². The lowest BCUT2D eigenvalue weighted by Crippen LogP contribution is -2.33. The fraction of sp³-hybridized carbons (Fsp3) is 0.458. The van der Waals surface area contributed by atoms with Gasteiger partial charge in [-0.05, 0) is 74.6 Å². The minimum absolute atomic E-state index is 0.216. The number of sulfonamides is 1. The third-order valence-electron chi connectivity index (χ3n) is 5.77. The van der Waals surface area contributed by atoms with E-state index in [9.17, 15) is 13.2 Å². The molecule has 7 heteroatoms. The highest BCUT2D eigenvalue weighted by molar-refractivity contribution is 7.89. The van der Waals surface area contributed by atoms with Gasteiger partial charge in [0.15, 0.2) is 0 Å². The monoisotopic (exact) mass is 444 g/mol. The summed E-state index contributed by atoms with van der Waals surface area (Å²) < 4.78 is 33.6. The Hall–Kier alpha value is -2.38. The molecule has 6 nitrogen and oxygen atoms in total. The molecule has 31 heavy (non-hydrogen) atoms. The Kier molecular flexibility index (Phi) is 7.73. The van der Waals surface area contributed by atoms with Crippen molar-refractivity contribution in [2.45, 2.75) is 51.3 Å². The van der Waals surface area contributed by atoms with Gasteiger partial charge in [-0.3, -0.25) is 4.79 Å². The fourth-order valence-corrected chi connectivity index (χ4v) is 5.45. The van der Waals surface area contributed by atoms with Crippen LogP contribution in [0.15, 0.2) is 41.3 Å². The first-order valence-electron chi connectivity index (χ1n) is 10.9. The lowest BCUT2D eigenvalue weighted by molar-refractivity contribution is 0.0946. The molecule has 3 rings (SSSR count). The Morgan fingerprint density at radius 1 is 0.935 bits per heavy atom. The molecule has 168 valence electrons. The number of amides is 1. The number of hydrogen-bond donors (Lipinski definition) is 1. The zero-order valence-corrected chi connectivity index (χ0v) is 19.4. The second kappa shape index (κ2) is 10.3. The average molecular weight is 445 g/mol. The predicted molar refractivity (Wildman–Crippen MR) is 122 cm³/mol. The van der Waals surface area contributed by atoms with Gasteiger partial charge < -0.3 is 10.1 Å².